The summed E-state index contributed by atoms with van der Waals surface area (Å²) in [6, 6.07) is 3.97. The highest BCUT2D eigenvalue weighted by molar-refractivity contribution is 5.69. The molecule has 1 fully saturated rings. The van der Waals surface area contributed by atoms with Crippen LogP contribution in [0.15, 0.2) is 18.3 Å². The molecule has 4 heteroatoms. The molecular formula is C13H18N4. The van der Waals surface area contributed by atoms with Crippen LogP contribution in [0.25, 0.3) is 11.2 Å². The van der Waals surface area contributed by atoms with Crippen LogP contribution >= 0.6 is 0 Å². The van der Waals surface area contributed by atoms with Crippen molar-refractivity contribution in [3.05, 3.63) is 24.2 Å². The fourth-order valence-electron chi connectivity index (χ4n) is 2.49. The number of likely N-dealkylation sites (tertiary alicyclic amines) is 1. The second-order valence-electron chi connectivity index (χ2n) is 4.71. The summed E-state index contributed by atoms with van der Waals surface area (Å²) in [5, 5.41) is 0. The van der Waals surface area contributed by atoms with Gasteiger partial charge in [0.1, 0.15) is 5.82 Å². The SMILES string of the molecule is c1cnc2nc(CCCN3CCCC3)[nH]c2c1. The van der Waals surface area contributed by atoms with E-state index in [1.807, 2.05) is 12.1 Å². The molecule has 0 amide bonds. The number of aromatic nitrogens is 3. The van der Waals surface area contributed by atoms with E-state index < -0.39 is 0 Å². The first-order valence-electron chi connectivity index (χ1n) is 6.44. The van der Waals surface area contributed by atoms with Crippen LogP contribution in [0.4, 0.5) is 0 Å². The van der Waals surface area contributed by atoms with Crippen molar-refractivity contribution < 1.29 is 0 Å². The lowest BCUT2D eigenvalue weighted by Crippen LogP contribution is -2.20. The summed E-state index contributed by atoms with van der Waals surface area (Å²) >= 11 is 0. The summed E-state index contributed by atoms with van der Waals surface area (Å²) < 4.78 is 0. The molecule has 17 heavy (non-hydrogen) atoms. The fourth-order valence-corrected chi connectivity index (χ4v) is 2.49. The molecule has 3 heterocycles. The molecule has 0 bridgehead atoms. The summed E-state index contributed by atoms with van der Waals surface area (Å²) in [5.41, 5.74) is 1.88. The molecule has 0 spiro atoms. The van der Waals surface area contributed by atoms with Gasteiger partial charge in [0.25, 0.3) is 0 Å². The average Bonchev–Trinajstić information content (AvgIpc) is 2.96. The van der Waals surface area contributed by atoms with Crippen LogP contribution in [-0.2, 0) is 6.42 Å². The van der Waals surface area contributed by atoms with Crippen molar-refractivity contribution in [2.45, 2.75) is 25.7 Å². The molecule has 1 saturated heterocycles. The molecule has 1 aliphatic rings. The van der Waals surface area contributed by atoms with Crippen molar-refractivity contribution in [2.75, 3.05) is 19.6 Å². The predicted molar refractivity (Wildman–Crippen MR) is 67.9 cm³/mol. The molecule has 0 saturated carbocycles. The van der Waals surface area contributed by atoms with Gasteiger partial charge >= 0.3 is 0 Å². The highest BCUT2D eigenvalue weighted by Crippen LogP contribution is 2.11. The van der Waals surface area contributed by atoms with E-state index in [1.165, 1.54) is 38.9 Å². The second kappa shape index (κ2) is 4.84. The van der Waals surface area contributed by atoms with E-state index >= 15 is 0 Å². The smallest absolute Gasteiger partial charge is 0.177 e. The van der Waals surface area contributed by atoms with Gasteiger partial charge < -0.3 is 9.88 Å². The maximum absolute atomic E-state index is 4.49. The summed E-state index contributed by atoms with van der Waals surface area (Å²) in [6.45, 7) is 3.76. The number of nitrogens with one attached hydrogen (secondary N) is 1. The van der Waals surface area contributed by atoms with Crippen LogP contribution < -0.4 is 0 Å². The first-order valence-corrected chi connectivity index (χ1v) is 6.44. The number of aryl methyl sites for hydroxylation is 1. The molecule has 2 aromatic heterocycles. The molecule has 2 aromatic rings. The third-order valence-electron chi connectivity index (χ3n) is 3.39. The minimum Gasteiger partial charge on any atom is -0.341 e. The number of imidazole rings is 1. The van der Waals surface area contributed by atoms with Crippen molar-refractivity contribution in [1.82, 2.24) is 19.9 Å². The van der Waals surface area contributed by atoms with Crippen LogP contribution in [0.1, 0.15) is 25.1 Å². The Kier molecular flexibility index (Phi) is 3.05. The Morgan fingerprint density at radius 1 is 1.29 bits per heavy atom. The number of hydrogen-bond acceptors (Lipinski definition) is 3. The first-order chi connectivity index (χ1) is 8.42. The molecule has 1 N–H and O–H groups in total. The molecule has 0 aromatic carbocycles. The first kappa shape index (κ1) is 10.7. The highest BCUT2D eigenvalue weighted by Gasteiger charge is 2.11. The van der Waals surface area contributed by atoms with E-state index in [0.29, 0.717) is 0 Å². The third kappa shape index (κ3) is 2.47. The number of pyridine rings is 1. The Hall–Kier alpha value is -1.42. The van der Waals surface area contributed by atoms with Gasteiger partial charge in [0.2, 0.25) is 0 Å². The second-order valence-corrected chi connectivity index (χ2v) is 4.71. The van der Waals surface area contributed by atoms with Gasteiger partial charge in [-0.15, -0.1) is 0 Å². The Morgan fingerprint density at radius 2 is 2.18 bits per heavy atom. The zero-order valence-corrected chi connectivity index (χ0v) is 10.0. The molecule has 4 nitrogen and oxygen atoms in total. The standard InChI is InChI=1S/C13H18N4/c1-2-9-17(8-1)10-4-6-12-15-11-5-3-7-14-13(11)16-12/h3,5,7H,1-2,4,6,8-10H2,(H,14,15,16). The van der Waals surface area contributed by atoms with E-state index in [9.17, 15) is 0 Å². The lowest BCUT2D eigenvalue weighted by Gasteiger charge is -2.13. The minimum atomic E-state index is 0.837. The quantitative estimate of drug-likeness (QED) is 0.873. The van der Waals surface area contributed by atoms with E-state index in [1.54, 1.807) is 6.20 Å². The van der Waals surface area contributed by atoms with Gasteiger partial charge in [-0.1, -0.05) is 0 Å². The molecule has 90 valence electrons. The number of fused-ring (bicyclic) bond motifs is 1. The number of rotatable bonds is 4. The van der Waals surface area contributed by atoms with Crippen molar-refractivity contribution in [1.29, 1.82) is 0 Å². The number of hydrogen-bond donors (Lipinski definition) is 1. The van der Waals surface area contributed by atoms with Gasteiger partial charge in [0.15, 0.2) is 5.65 Å². The number of H-pyrrole nitrogens is 1. The van der Waals surface area contributed by atoms with Gasteiger partial charge in [-0.3, -0.25) is 0 Å². The molecule has 0 aliphatic carbocycles. The fraction of sp³-hybridized carbons (Fsp3) is 0.538. The molecular weight excluding hydrogens is 212 g/mol. The lowest BCUT2D eigenvalue weighted by molar-refractivity contribution is 0.333. The van der Waals surface area contributed by atoms with Crippen molar-refractivity contribution in [2.24, 2.45) is 0 Å². The zero-order chi connectivity index (χ0) is 11.5. The molecule has 0 unspecified atom stereocenters. The van der Waals surface area contributed by atoms with Crippen LogP contribution in [0.3, 0.4) is 0 Å². The van der Waals surface area contributed by atoms with E-state index in [4.69, 9.17) is 0 Å². The Labute approximate surface area is 101 Å². The maximum Gasteiger partial charge on any atom is 0.177 e. The summed E-state index contributed by atoms with van der Waals surface area (Å²) in [5.74, 6) is 1.07. The van der Waals surface area contributed by atoms with Crippen molar-refractivity contribution in [3.8, 4) is 0 Å². The zero-order valence-electron chi connectivity index (χ0n) is 10.0. The van der Waals surface area contributed by atoms with Crippen molar-refractivity contribution in [3.63, 3.8) is 0 Å². The largest absolute Gasteiger partial charge is 0.341 e. The van der Waals surface area contributed by atoms with Crippen molar-refractivity contribution >= 4 is 11.2 Å². The Bertz CT molecular complexity index is 452. The highest BCUT2D eigenvalue weighted by atomic mass is 15.1. The molecule has 0 radical (unpaired) electrons. The summed E-state index contributed by atoms with van der Waals surface area (Å²) in [7, 11) is 0. The monoisotopic (exact) mass is 230 g/mol. The normalized spacial score (nSPS) is 16.9. The number of nitrogens with zero attached hydrogens (tertiary/aromatic N) is 3. The Morgan fingerprint density at radius 3 is 3.00 bits per heavy atom. The van der Waals surface area contributed by atoms with Gasteiger partial charge in [0, 0.05) is 12.6 Å². The lowest BCUT2D eigenvalue weighted by atomic mass is 10.3. The maximum atomic E-state index is 4.49. The number of aromatic amines is 1. The van der Waals surface area contributed by atoms with E-state index in [0.717, 1.165) is 23.4 Å². The summed E-state index contributed by atoms with van der Waals surface area (Å²) in [4.78, 5) is 14.6. The van der Waals surface area contributed by atoms with Gasteiger partial charge in [-0.05, 0) is 51.0 Å². The topological polar surface area (TPSA) is 44.8 Å². The van der Waals surface area contributed by atoms with Gasteiger partial charge in [-0.25, -0.2) is 9.97 Å². The molecule has 0 atom stereocenters. The van der Waals surface area contributed by atoms with Gasteiger partial charge in [-0.2, -0.15) is 0 Å². The summed E-state index contributed by atoms with van der Waals surface area (Å²) in [6.07, 6.45) is 6.73. The average molecular weight is 230 g/mol. The molecule has 3 rings (SSSR count). The molecule has 1 aliphatic heterocycles. The predicted octanol–water partition coefficient (Wildman–Crippen LogP) is 1.99. The van der Waals surface area contributed by atoms with E-state index in [-0.39, 0.29) is 0 Å². The van der Waals surface area contributed by atoms with Crippen LogP contribution in [0.2, 0.25) is 0 Å². The van der Waals surface area contributed by atoms with Crippen LogP contribution in [0, 0.1) is 0 Å². The van der Waals surface area contributed by atoms with Crippen LogP contribution in [0.5, 0.6) is 0 Å². The van der Waals surface area contributed by atoms with Crippen LogP contribution in [-0.4, -0.2) is 39.5 Å². The van der Waals surface area contributed by atoms with E-state index in [2.05, 4.69) is 19.9 Å². The Balaban J connectivity index is 1.57. The third-order valence-corrected chi connectivity index (χ3v) is 3.39. The van der Waals surface area contributed by atoms with Gasteiger partial charge in [0.05, 0.1) is 5.52 Å². The minimum absolute atomic E-state index is 0.837.